The molecule has 2 aromatic rings. The number of aromatic carboxylic acids is 1. The van der Waals surface area contributed by atoms with Gasteiger partial charge in [0.1, 0.15) is 5.75 Å². The molecule has 6 heteroatoms. The molecule has 2 heterocycles. The summed E-state index contributed by atoms with van der Waals surface area (Å²) in [6.45, 7) is 3.86. The lowest BCUT2D eigenvalue weighted by Gasteiger charge is -2.50. The molecule has 1 fully saturated rings. The number of carbonyl (C=O) groups excluding carboxylic acids is 1. The van der Waals surface area contributed by atoms with Crippen molar-refractivity contribution >= 4 is 17.7 Å². The Labute approximate surface area is 145 Å². The molecule has 2 N–H and O–H groups in total. The molecule has 0 aromatic heterocycles. The molecule has 128 valence electrons. The van der Waals surface area contributed by atoms with E-state index in [0.29, 0.717) is 12.1 Å². The van der Waals surface area contributed by atoms with E-state index in [2.05, 4.69) is 5.32 Å². The predicted molar refractivity (Wildman–Crippen MR) is 92.0 cm³/mol. The van der Waals surface area contributed by atoms with Crippen LogP contribution in [0.25, 0.3) is 0 Å². The van der Waals surface area contributed by atoms with Crippen molar-refractivity contribution in [1.29, 1.82) is 0 Å². The number of carbonyl (C=O) groups is 2. The van der Waals surface area contributed by atoms with Crippen LogP contribution in [-0.2, 0) is 0 Å². The number of urea groups is 1. The Kier molecular flexibility index (Phi) is 3.25. The van der Waals surface area contributed by atoms with Gasteiger partial charge in [-0.3, -0.25) is 4.90 Å². The summed E-state index contributed by atoms with van der Waals surface area (Å²) >= 11 is 0. The number of aryl methyl sites for hydroxylation is 1. The van der Waals surface area contributed by atoms with Crippen molar-refractivity contribution in [2.75, 3.05) is 4.90 Å². The number of amides is 2. The fourth-order valence-electron chi connectivity index (χ4n) is 3.66. The minimum Gasteiger partial charge on any atom is -0.478 e. The summed E-state index contributed by atoms with van der Waals surface area (Å²) in [6.07, 6.45) is 0.576. The molecule has 2 aliphatic rings. The van der Waals surface area contributed by atoms with E-state index in [-0.39, 0.29) is 17.6 Å². The lowest BCUT2D eigenvalue weighted by atomic mass is 9.89. The van der Waals surface area contributed by atoms with Crippen molar-refractivity contribution in [3.8, 4) is 5.75 Å². The molecule has 0 spiro atoms. The van der Waals surface area contributed by atoms with Crippen LogP contribution in [-0.4, -0.2) is 22.8 Å². The maximum Gasteiger partial charge on any atom is 0.335 e. The molecule has 25 heavy (non-hydrogen) atoms. The van der Waals surface area contributed by atoms with Gasteiger partial charge < -0.3 is 15.2 Å². The van der Waals surface area contributed by atoms with Crippen LogP contribution in [0.3, 0.4) is 0 Å². The average molecular weight is 338 g/mol. The largest absolute Gasteiger partial charge is 0.478 e. The SMILES string of the molecule is Cc1ccc2c(c1)[C@H]1C[C@](C)(O2)N(c2cccc(C(=O)O)c2)C(=O)N1. The van der Waals surface area contributed by atoms with Crippen molar-refractivity contribution in [1.82, 2.24) is 5.32 Å². The standard InChI is InChI=1S/C19H18N2O4/c1-11-6-7-16-14(8-11)15-10-19(2,25-16)21(18(24)20-15)13-5-3-4-12(9-13)17(22)23/h3-9,15H,10H2,1-2H3,(H,20,24)(H,22,23)/t15-,19+/m1/s1. The number of ether oxygens (including phenoxy) is 1. The van der Waals surface area contributed by atoms with Gasteiger partial charge in [0, 0.05) is 12.0 Å². The smallest absolute Gasteiger partial charge is 0.335 e. The molecule has 1 saturated heterocycles. The molecule has 2 amide bonds. The molecule has 2 aliphatic heterocycles. The topological polar surface area (TPSA) is 78.9 Å². The molecule has 0 saturated carbocycles. The van der Waals surface area contributed by atoms with Gasteiger partial charge in [-0.1, -0.05) is 23.8 Å². The van der Waals surface area contributed by atoms with Crippen LogP contribution in [0.2, 0.25) is 0 Å². The Morgan fingerprint density at radius 2 is 2.12 bits per heavy atom. The van der Waals surface area contributed by atoms with Crippen LogP contribution in [0.5, 0.6) is 5.75 Å². The van der Waals surface area contributed by atoms with Crippen LogP contribution >= 0.6 is 0 Å². The van der Waals surface area contributed by atoms with Gasteiger partial charge in [-0.2, -0.15) is 0 Å². The van der Waals surface area contributed by atoms with Crippen molar-refractivity contribution < 1.29 is 19.4 Å². The first kappa shape index (κ1) is 15.5. The quantitative estimate of drug-likeness (QED) is 0.879. The van der Waals surface area contributed by atoms with Gasteiger partial charge in [0.05, 0.1) is 17.3 Å². The molecule has 0 radical (unpaired) electrons. The normalized spacial score (nSPS) is 24.2. The van der Waals surface area contributed by atoms with Crippen molar-refractivity contribution in [2.45, 2.75) is 32.0 Å². The number of nitrogens with zero attached hydrogens (tertiary/aromatic N) is 1. The number of carboxylic acids is 1. The first-order chi connectivity index (χ1) is 11.9. The van der Waals surface area contributed by atoms with E-state index in [1.54, 1.807) is 12.1 Å². The Morgan fingerprint density at radius 3 is 2.88 bits per heavy atom. The molecular formula is C19H18N2O4. The second kappa shape index (κ2) is 5.24. The summed E-state index contributed by atoms with van der Waals surface area (Å²) in [5.41, 5.74) is 1.82. The fraction of sp³-hybridized carbons (Fsp3) is 0.263. The van der Waals surface area contributed by atoms with Gasteiger partial charge in [-0.25, -0.2) is 9.59 Å². The van der Waals surface area contributed by atoms with E-state index in [0.717, 1.165) is 16.9 Å². The van der Waals surface area contributed by atoms with Gasteiger partial charge in [-0.05, 0) is 38.1 Å². The van der Waals surface area contributed by atoms with Crippen LogP contribution < -0.4 is 15.0 Å². The number of hydrogen-bond acceptors (Lipinski definition) is 3. The molecule has 6 nitrogen and oxygen atoms in total. The van der Waals surface area contributed by atoms with Crippen molar-refractivity contribution in [3.63, 3.8) is 0 Å². The minimum absolute atomic E-state index is 0.125. The highest BCUT2D eigenvalue weighted by atomic mass is 16.5. The van der Waals surface area contributed by atoms with E-state index < -0.39 is 11.7 Å². The third kappa shape index (κ3) is 2.41. The number of rotatable bonds is 2. The number of benzene rings is 2. The Balaban J connectivity index is 1.79. The molecular weight excluding hydrogens is 320 g/mol. The molecule has 0 unspecified atom stereocenters. The fourth-order valence-corrected chi connectivity index (χ4v) is 3.66. The highest BCUT2D eigenvalue weighted by Gasteiger charge is 2.49. The van der Waals surface area contributed by atoms with Crippen LogP contribution in [0.4, 0.5) is 10.5 Å². The highest BCUT2D eigenvalue weighted by molar-refractivity contribution is 5.97. The third-order valence-corrected chi connectivity index (χ3v) is 4.78. The van der Waals surface area contributed by atoms with E-state index in [1.165, 1.54) is 17.0 Å². The zero-order chi connectivity index (χ0) is 17.8. The van der Waals surface area contributed by atoms with E-state index in [4.69, 9.17) is 4.74 Å². The van der Waals surface area contributed by atoms with E-state index >= 15 is 0 Å². The van der Waals surface area contributed by atoms with Gasteiger partial charge >= 0.3 is 12.0 Å². The zero-order valence-corrected chi connectivity index (χ0v) is 13.9. The van der Waals surface area contributed by atoms with Crippen molar-refractivity contribution in [3.05, 3.63) is 59.2 Å². The van der Waals surface area contributed by atoms with Gasteiger partial charge in [-0.15, -0.1) is 0 Å². The van der Waals surface area contributed by atoms with Crippen LogP contribution in [0.1, 0.15) is 40.9 Å². The first-order valence-electron chi connectivity index (χ1n) is 8.11. The number of carboxylic acid groups (broad SMARTS) is 1. The third-order valence-electron chi connectivity index (χ3n) is 4.78. The number of hydrogen-bond donors (Lipinski definition) is 2. The van der Waals surface area contributed by atoms with Crippen LogP contribution in [0, 0.1) is 6.92 Å². The number of fused-ring (bicyclic) bond motifs is 4. The molecule has 2 bridgehead atoms. The Hall–Kier alpha value is -3.02. The summed E-state index contributed by atoms with van der Waals surface area (Å²) in [4.78, 5) is 25.5. The average Bonchev–Trinajstić information content (AvgIpc) is 2.55. The van der Waals surface area contributed by atoms with E-state index in [1.807, 2.05) is 32.0 Å². The summed E-state index contributed by atoms with van der Waals surface area (Å²) < 4.78 is 6.20. The molecule has 0 aliphatic carbocycles. The maximum atomic E-state index is 12.8. The minimum atomic E-state index is -1.03. The molecule has 2 atom stereocenters. The Bertz CT molecular complexity index is 895. The van der Waals surface area contributed by atoms with Crippen molar-refractivity contribution in [2.24, 2.45) is 0 Å². The highest BCUT2D eigenvalue weighted by Crippen LogP contribution is 2.45. The molecule has 4 rings (SSSR count). The number of anilines is 1. The zero-order valence-electron chi connectivity index (χ0n) is 13.9. The summed E-state index contributed by atoms with van der Waals surface area (Å²) in [5, 5.41) is 12.2. The van der Waals surface area contributed by atoms with Gasteiger partial charge in [0.25, 0.3) is 0 Å². The molecule has 2 aromatic carbocycles. The summed E-state index contributed by atoms with van der Waals surface area (Å²) in [7, 11) is 0. The van der Waals surface area contributed by atoms with Gasteiger partial charge in [0.2, 0.25) is 0 Å². The number of nitrogens with one attached hydrogen (secondary N) is 1. The Morgan fingerprint density at radius 1 is 1.32 bits per heavy atom. The first-order valence-corrected chi connectivity index (χ1v) is 8.11. The second-order valence-corrected chi connectivity index (χ2v) is 6.72. The monoisotopic (exact) mass is 338 g/mol. The summed E-state index contributed by atoms with van der Waals surface area (Å²) in [6, 6.07) is 11.8. The van der Waals surface area contributed by atoms with Gasteiger partial charge in [0.15, 0.2) is 5.72 Å². The van der Waals surface area contributed by atoms with Crippen LogP contribution in [0.15, 0.2) is 42.5 Å². The lowest BCUT2D eigenvalue weighted by Crippen LogP contribution is -2.65. The predicted octanol–water partition coefficient (Wildman–Crippen LogP) is 3.46. The lowest BCUT2D eigenvalue weighted by molar-refractivity contribution is 0.0377. The van der Waals surface area contributed by atoms with E-state index in [9.17, 15) is 14.7 Å². The second-order valence-electron chi connectivity index (χ2n) is 6.72. The maximum absolute atomic E-state index is 12.8. The summed E-state index contributed by atoms with van der Waals surface area (Å²) in [5.74, 6) is -0.295.